The Morgan fingerprint density at radius 2 is 1.94 bits per heavy atom. The van der Waals surface area contributed by atoms with Gasteiger partial charge in [-0.2, -0.15) is 5.10 Å². The first-order chi connectivity index (χ1) is 15.2. The number of benzene rings is 1. The van der Waals surface area contributed by atoms with Gasteiger partial charge >= 0.3 is 0 Å². The van der Waals surface area contributed by atoms with Crippen molar-refractivity contribution in [3.63, 3.8) is 0 Å². The fourth-order valence-electron chi connectivity index (χ4n) is 5.31. The molecule has 5 heteroatoms. The van der Waals surface area contributed by atoms with Gasteiger partial charge in [0.15, 0.2) is 5.78 Å². The van der Waals surface area contributed by atoms with E-state index < -0.39 is 0 Å². The van der Waals surface area contributed by atoms with Crippen molar-refractivity contribution in [3.05, 3.63) is 53.3 Å². The monoisotopic (exact) mass is 418 g/mol. The molecule has 2 heterocycles. The standard InChI is InChI=1S/C26H34N4O/c31-26(12-19-15-27-30(17-19)16-18-4-5-18)21-3-1-2-20(13-21)24-14-25(24)28-22-8-10-29(11-9-22)23-6-7-23/h1-3,13,15,17-18,22-25,28H,4-12,14,16H2. The van der Waals surface area contributed by atoms with Crippen molar-refractivity contribution >= 4 is 5.78 Å². The predicted molar refractivity (Wildman–Crippen MR) is 121 cm³/mol. The molecule has 3 saturated carbocycles. The summed E-state index contributed by atoms with van der Waals surface area (Å²) in [5.74, 6) is 1.56. The molecule has 3 aliphatic carbocycles. The smallest absolute Gasteiger partial charge is 0.167 e. The van der Waals surface area contributed by atoms with Crippen molar-refractivity contribution in [2.75, 3.05) is 13.1 Å². The zero-order valence-electron chi connectivity index (χ0n) is 18.4. The summed E-state index contributed by atoms with van der Waals surface area (Å²) in [6, 6.07) is 10.5. The van der Waals surface area contributed by atoms with Crippen molar-refractivity contribution < 1.29 is 4.79 Å². The average Bonchev–Trinajstić information content (AvgIpc) is 3.65. The molecule has 1 saturated heterocycles. The highest BCUT2D eigenvalue weighted by Crippen LogP contribution is 2.42. The van der Waals surface area contributed by atoms with E-state index in [1.807, 2.05) is 16.9 Å². The second-order valence-corrected chi connectivity index (χ2v) is 10.4. The van der Waals surface area contributed by atoms with E-state index in [1.54, 1.807) is 0 Å². The zero-order chi connectivity index (χ0) is 20.8. The fourth-order valence-corrected chi connectivity index (χ4v) is 5.31. The van der Waals surface area contributed by atoms with E-state index in [0.29, 0.717) is 24.4 Å². The van der Waals surface area contributed by atoms with Crippen molar-refractivity contribution in [1.29, 1.82) is 0 Å². The summed E-state index contributed by atoms with van der Waals surface area (Å²) in [7, 11) is 0. The highest BCUT2D eigenvalue weighted by Gasteiger charge is 2.40. The number of carbonyl (C=O) groups is 1. The number of nitrogens with zero attached hydrogens (tertiary/aromatic N) is 3. The van der Waals surface area contributed by atoms with E-state index in [0.717, 1.165) is 29.6 Å². The lowest BCUT2D eigenvalue weighted by atomic mass is 10.0. The first kappa shape index (κ1) is 19.7. The van der Waals surface area contributed by atoms with Gasteiger partial charge in [0.05, 0.1) is 6.20 Å². The highest BCUT2D eigenvalue weighted by atomic mass is 16.1. The van der Waals surface area contributed by atoms with Crippen LogP contribution in [0.2, 0.25) is 0 Å². The number of rotatable bonds is 9. The molecule has 2 unspecified atom stereocenters. The van der Waals surface area contributed by atoms with Gasteiger partial charge in [-0.15, -0.1) is 0 Å². The van der Waals surface area contributed by atoms with Gasteiger partial charge in [0, 0.05) is 48.8 Å². The van der Waals surface area contributed by atoms with Crippen LogP contribution >= 0.6 is 0 Å². The Morgan fingerprint density at radius 3 is 2.71 bits per heavy atom. The number of nitrogens with one attached hydrogen (secondary N) is 1. The molecule has 1 aromatic heterocycles. The van der Waals surface area contributed by atoms with E-state index in [9.17, 15) is 4.79 Å². The Morgan fingerprint density at radius 1 is 1.10 bits per heavy atom. The SMILES string of the molecule is O=C(Cc1cnn(CC2CC2)c1)c1cccc(C2CC2NC2CCN(C3CC3)CC2)c1. The van der Waals surface area contributed by atoms with Gasteiger partial charge in [0.1, 0.15) is 0 Å². The maximum absolute atomic E-state index is 12.9. The minimum Gasteiger partial charge on any atom is -0.311 e. The normalized spacial score (nSPS) is 26.8. The number of Topliss-reactive ketones (excluding diaryl/α,β-unsaturated/α-hetero) is 1. The van der Waals surface area contributed by atoms with Crippen LogP contribution in [0.15, 0.2) is 36.7 Å². The lowest BCUT2D eigenvalue weighted by molar-refractivity contribution is 0.0993. The van der Waals surface area contributed by atoms with Crippen LogP contribution in [0, 0.1) is 5.92 Å². The summed E-state index contributed by atoms with van der Waals surface area (Å²) >= 11 is 0. The molecule has 6 rings (SSSR count). The number of piperidine rings is 1. The van der Waals surface area contributed by atoms with Crippen LogP contribution in [0.25, 0.3) is 0 Å². The number of likely N-dealkylation sites (tertiary alicyclic amines) is 1. The molecule has 0 radical (unpaired) electrons. The molecule has 5 nitrogen and oxygen atoms in total. The highest BCUT2D eigenvalue weighted by molar-refractivity contribution is 5.97. The van der Waals surface area contributed by atoms with Crippen LogP contribution in [0.4, 0.5) is 0 Å². The summed E-state index contributed by atoms with van der Waals surface area (Å²) in [4.78, 5) is 15.6. The minimum absolute atomic E-state index is 0.199. The minimum atomic E-state index is 0.199. The molecule has 164 valence electrons. The third-order valence-corrected chi connectivity index (χ3v) is 7.66. The second kappa shape index (κ2) is 8.18. The molecule has 1 aliphatic heterocycles. The summed E-state index contributed by atoms with van der Waals surface area (Å²) in [6.45, 7) is 3.53. The van der Waals surface area contributed by atoms with Crippen LogP contribution in [0.1, 0.15) is 72.3 Å². The lowest BCUT2D eigenvalue weighted by Gasteiger charge is -2.32. The Hall–Kier alpha value is -1.98. The van der Waals surface area contributed by atoms with Crippen molar-refractivity contribution in [3.8, 4) is 0 Å². The largest absolute Gasteiger partial charge is 0.311 e. The van der Waals surface area contributed by atoms with Crippen LogP contribution in [0.5, 0.6) is 0 Å². The summed E-state index contributed by atoms with van der Waals surface area (Å²) < 4.78 is 2.01. The van der Waals surface area contributed by atoms with Crippen LogP contribution in [-0.2, 0) is 13.0 Å². The zero-order valence-corrected chi connectivity index (χ0v) is 18.4. The van der Waals surface area contributed by atoms with E-state index in [2.05, 4.69) is 39.7 Å². The summed E-state index contributed by atoms with van der Waals surface area (Å²) in [5, 5.41) is 8.35. The molecule has 4 aliphatic rings. The maximum Gasteiger partial charge on any atom is 0.167 e. The van der Waals surface area contributed by atoms with Gasteiger partial charge in [-0.1, -0.05) is 18.2 Å². The van der Waals surface area contributed by atoms with Crippen molar-refractivity contribution in [1.82, 2.24) is 20.0 Å². The van der Waals surface area contributed by atoms with Crippen molar-refractivity contribution in [2.45, 2.75) is 82.0 Å². The Kier molecular flexibility index (Phi) is 5.19. The molecule has 1 N–H and O–H groups in total. The van der Waals surface area contributed by atoms with E-state index >= 15 is 0 Å². The number of ketones is 1. The molecular formula is C26H34N4O. The van der Waals surface area contributed by atoms with Gasteiger partial charge in [-0.05, 0) is 81.1 Å². The van der Waals surface area contributed by atoms with Crippen LogP contribution in [-0.4, -0.2) is 51.7 Å². The number of aromatic nitrogens is 2. The first-order valence-electron chi connectivity index (χ1n) is 12.4. The third kappa shape index (κ3) is 4.78. The predicted octanol–water partition coefficient (Wildman–Crippen LogP) is 3.79. The van der Waals surface area contributed by atoms with Crippen LogP contribution < -0.4 is 5.32 Å². The maximum atomic E-state index is 12.9. The van der Waals surface area contributed by atoms with E-state index in [1.165, 1.54) is 63.6 Å². The Balaban J connectivity index is 1.02. The third-order valence-electron chi connectivity index (χ3n) is 7.66. The van der Waals surface area contributed by atoms with Gasteiger partial charge in [0.25, 0.3) is 0 Å². The molecule has 2 atom stereocenters. The molecule has 31 heavy (non-hydrogen) atoms. The van der Waals surface area contributed by atoms with Gasteiger partial charge < -0.3 is 10.2 Å². The quantitative estimate of drug-likeness (QED) is 0.630. The molecule has 2 aromatic rings. The van der Waals surface area contributed by atoms with Gasteiger partial charge in [-0.3, -0.25) is 9.48 Å². The molecule has 0 bridgehead atoms. The Labute approximate surface area is 185 Å². The number of hydrogen-bond donors (Lipinski definition) is 1. The second-order valence-electron chi connectivity index (χ2n) is 10.4. The molecule has 0 amide bonds. The molecule has 0 spiro atoms. The molecule has 4 fully saturated rings. The molecular weight excluding hydrogens is 384 g/mol. The van der Waals surface area contributed by atoms with Crippen LogP contribution in [0.3, 0.4) is 0 Å². The van der Waals surface area contributed by atoms with Crippen molar-refractivity contribution in [2.24, 2.45) is 5.92 Å². The van der Waals surface area contributed by atoms with E-state index in [-0.39, 0.29) is 5.78 Å². The fraction of sp³-hybridized carbons (Fsp3) is 0.615. The summed E-state index contributed by atoms with van der Waals surface area (Å²) in [5.41, 5.74) is 3.19. The van der Waals surface area contributed by atoms with E-state index in [4.69, 9.17) is 0 Å². The lowest BCUT2D eigenvalue weighted by Crippen LogP contribution is -2.44. The topological polar surface area (TPSA) is 50.2 Å². The molecule has 1 aromatic carbocycles. The summed E-state index contributed by atoms with van der Waals surface area (Å²) in [6.07, 6.45) is 13.6. The van der Waals surface area contributed by atoms with Gasteiger partial charge in [-0.25, -0.2) is 0 Å². The Bertz CT molecular complexity index is 936. The first-order valence-corrected chi connectivity index (χ1v) is 12.4. The number of carbonyl (C=O) groups excluding carboxylic acids is 1. The van der Waals surface area contributed by atoms with Gasteiger partial charge in [0.2, 0.25) is 0 Å². The number of hydrogen-bond acceptors (Lipinski definition) is 4. The average molecular weight is 419 g/mol.